The molecule has 0 N–H and O–H groups in total. The second-order valence-corrected chi connectivity index (χ2v) is 6.87. The highest BCUT2D eigenvalue weighted by atomic mass is 32.1. The average Bonchev–Trinajstić information content (AvgIpc) is 3.23. The number of hydrogen-bond donors (Lipinski definition) is 0. The van der Waals surface area contributed by atoms with Crippen molar-refractivity contribution in [2.45, 2.75) is 26.4 Å². The Balaban J connectivity index is 1.34. The third-order valence-electron chi connectivity index (χ3n) is 4.38. The molecule has 1 aliphatic heterocycles. The second-order valence-electron chi connectivity index (χ2n) is 5.99. The summed E-state index contributed by atoms with van der Waals surface area (Å²) in [6.45, 7) is 8.97. The van der Waals surface area contributed by atoms with E-state index in [0.717, 1.165) is 43.4 Å². The van der Waals surface area contributed by atoms with E-state index in [4.69, 9.17) is 4.52 Å². The quantitative estimate of drug-likeness (QED) is 0.728. The summed E-state index contributed by atoms with van der Waals surface area (Å²) in [5.41, 5.74) is 1.14. The predicted molar refractivity (Wildman–Crippen MR) is 87.4 cm³/mol. The Kier molecular flexibility index (Phi) is 3.88. The number of nitrogens with zero attached hydrogens (tertiary/aromatic N) is 6. The van der Waals surface area contributed by atoms with Gasteiger partial charge in [0, 0.05) is 50.5 Å². The van der Waals surface area contributed by atoms with Crippen LogP contribution in [0.3, 0.4) is 0 Å². The number of rotatable bonds is 4. The van der Waals surface area contributed by atoms with E-state index < -0.39 is 0 Å². The van der Waals surface area contributed by atoms with Crippen LogP contribution in [0.2, 0.25) is 0 Å². The first-order valence-corrected chi connectivity index (χ1v) is 8.75. The minimum absolute atomic E-state index is 0.177. The van der Waals surface area contributed by atoms with Crippen LogP contribution in [0.4, 0.5) is 0 Å². The molecular weight excluding hydrogens is 312 g/mol. The molecule has 0 unspecified atom stereocenters. The van der Waals surface area contributed by atoms with Crippen molar-refractivity contribution >= 4 is 16.3 Å². The van der Waals surface area contributed by atoms with Crippen LogP contribution < -0.4 is 0 Å². The van der Waals surface area contributed by atoms with Crippen LogP contribution >= 0.6 is 11.3 Å². The highest BCUT2D eigenvalue weighted by Crippen LogP contribution is 2.21. The monoisotopic (exact) mass is 332 g/mol. The Morgan fingerprint density at radius 1 is 1.26 bits per heavy atom. The molecule has 1 aliphatic rings. The second kappa shape index (κ2) is 6.03. The van der Waals surface area contributed by atoms with Crippen molar-refractivity contribution in [2.24, 2.45) is 0 Å². The fraction of sp³-hybridized carbons (Fsp3) is 0.533. The Bertz CT molecular complexity index is 756. The van der Waals surface area contributed by atoms with Gasteiger partial charge in [-0.15, -0.1) is 11.3 Å². The number of hydrogen-bond acceptors (Lipinski definition) is 7. The fourth-order valence-electron chi connectivity index (χ4n) is 3.03. The molecule has 23 heavy (non-hydrogen) atoms. The van der Waals surface area contributed by atoms with E-state index in [-0.39, 0.29) is 6.04 Å². The summed E-state index contributed by atoms with van der Waals surface area (Å²) >= 11 is 1.68. The van der Waals surface area contributed by atoms with Gasteiger partial charge in [-0.2, -0.15) is 4.98 Å². The van der Waals surface area contributed by atoms with Crippen molar-refractivity contribution in [3.05, 3.63) is 35.2 Å². The van der Waals surface area contributed by atoms with Gasteiger partial charge in [-0.05, 0) is 13.8 Å². The van der Waals surface area contributed by atoms with Crippen LogP contribution in [0.15, 0.2) is 22.3 Å². The van der Waals surface area contributed by atoms with E-state index in [2.05, 4.69) is 54.0 Å². The van der Waals surface area contributed by atoms with Crippen molar-refractivity contribution in [2.75, 3.05) is 26.2 Å². The number of fused-ring (bicyclic) bond motifs is 1. The molecule has 1 fully saturated rings. The van der Waals surface area contributed by atoms with E-state index in [1.54, 1.807) is 11.3 Å². The molecule has 0 spiro atoms. The van der Waals surface area contributed by atoms with Gasteiger partial charge in [-0.25, -0.2) is 4.98 Å². The van der Waals surface area contributed by atoms with Crippen LogP contribution in [0.25, 0.3) is 4.96 Å². The van der Waals surface area contributed by atoms with E-state index in [1.165, 1.54) is 0 Å². The molecule has 0 aliphatic carbocycles. The van der Waals surface area contributed by atoms with Gasteiger partial charge < -0.3 is 4.52 Å². The molecule has 0 aromatic carbocycles. The number of aromatic nitrogens is 4. The highest BCUT2D eigenvalue weighted by molar-refractivity contribution is 7.15. The van der Waals surface area contributed by atoms with Crippen LogP contribution in [0.5, 0.6) is 0 Å². The fourth-order valence-corrected chi connectivity index (χ4v) is 3.75. The summed E-state index contributed by atoms with van der Waals surface area (Å²) in [6.07, 6.45) is 4.19. The molecule has 4 rings (SSSR count). The van der Waals surface area contributed by atoms with E-state index in [9.17, 15) is 0 Å². The van der Waals surface area contributed by atoms with E-state index in [0.29, 0.717) is 11.7 Å². The third-order valence-corrected chi connectivity index (χ3v) is 5.15. The summed E-state index contributed by atoms with van der Waals surface area (Å²) in [5, 5.41) is 5.95. The van der Waals surface area contributed by atoms with Gasteiger partial charge in [-0.3, -0.25) is 14.2 Å². The molecule has 3 aromatic heterocycles. The maximum Gasteiger partial charge on any atom is 0.243 e. The summed E-state index contributed by atoms with van der Waals surface area (Å²) < 4.78 is 7.39. The number of imidazole rings is 1. The first-order valence-electron chi connectivity index (χ1n) is 7.87. The molecule has 7 nitrogen and oxygen atoms in total. The molecule has 8 heteroatoms. The van der Waals surface area contributed by atoms with Crippen LogP contribution in [-0.4, -0.2) is 55.5 Å². The Hall–Kier alpha value is -1.77. The smallest absolute Gasteiger partial charge is 0.243 e. The minimum Gasteiger partial charge on any atom is -0.338 e. The lowest BCUT2D eigenvalue weighted by Crippen LogP contribution is -2.46. The van der Waals surface area contributed by atoms with Crippen LogP contribution in [-0.2, 0) is 6.54 Å². The van der Waals surface area contributed by atoms with Gasteiger partial charge in [0.15, 0.2) is 10.8 Å². The molecule has 0 radical (unpaired) electrons. The molecule has 3 aromatic rings. The zero-order chi connectivity index (χ0) is 15.8. The Labute approximate surface area is 138 Å². The summed E-state index contributed by atoms with van der Waals surface area (Å²) in [4.78, 5) is 14.9. The molecular formula is C15H20N6OS. The standard InChI is InChI=1S/C15H20N6OS/c1-11(14-16-12(2)18-22-14)20-5-3-19(4-6-20)9-13-10-21-7-8-23-15(21)17-13/h7-8,10-11H,3-6,9H2,1-2H3/t11-/m1/s1. The molecule has 0 bridgehead atoms. The molecule has 0 saturated carbocycles. The lowest BCUT2D eigenvalue weighted by atomic mass is 10.2. The average molecular weight is 332 g/mol. The maximum absolute atomic E-state index is 5.30. The molecule has 4 heterocycles. The zero-order valence-corrected chi connectivity index (χ0v) is 14.2. The van der Waals surface area contributed by atoms with Crippen molar-refractivity contribution < 1.29 is 4.52 Å². The maximum atomic E-state index is 5.30. The van der Waals surface area contributed by atoms with Gasteiger partial charge in [0.1, 0.15) is 0 Å². The van der Waals surface area contributed by atoms with Crippen LogP contribution in [0, 0.1) is 6.92 Å². The highest BCUT2D eigenvalue weighted by Gasteiger charge is 2.25. The predicted octanol–water partition coefficient (Wildman–Crippen LogP) is 1.97. The van der Waals surface area contributed by atoms with Crippen molar-refractivity contribution in [3.8, 4) is 0 Å². The van der Waals surface area contributed by atoms with Gasteiger partial charge in [-0.1, -0.05) is 5.16 Å². The molecule has 122 valence electrons. The lowest BCUT2D eigenvalue weighted by Gasteiger charge is -2.36. The molecule has 0 amide bonds. The summed E-state index contributed by atoms with van der Waals surface area (Å²) in [7, 11) is 0. The first-order chi connectivity index (χ1) is 11.2. The van der Waals surface area contributed by atoms with Crippen molar-refractivity contribution in [3.63, 3.8) is 0 Å². The minimum atomic E-state index is 0.177. The SMILES string of the molecule is Cc1noc([C@@H](C)N2CCN(Cc3cn4ccsc4n3)CC2)n1. The molecule has 1 atom stereocenters. The van der Waals surface area contributed by atoms with Crippen LogP contribution in [0.1, 0.15) is 30.4 Å². The lowest BCUT2D eigenvalue weighted by molar-refractivity contribution is 0.0839. The van der Waals surface area contributed by atoms with Crippen molar-refractivity contribution in [1.29, 1.82) is 0 Å². The Morgan fingerprint density at radius 2 is 2.09 bits per heavy atom. The number of piperazine rings is 1. The number of aryl methyl sites for hydroxylation is 1. The topological polar surface area (TPSA) is 62.7 Å². The van der Waals surface area contributed by atoms with Gasteiger partial charge >= 0.3 is 0 Å². The zero-order valence-electron chi connectivity index (χ0n) is 13.3. The van der Waals surface area contributed by atoms with Gasteiger partial charge in [0.05, 0.1) is 11.7 Å². The number of thiazole rings is 1. The van der Waals surface area contributed by atoms with Gasteiger partial charge in [0.2, 0.25) is 5.89 Å². The molecule has 1 saturated heterocycles. The Morgan fingerprint density at radius 3 is 2.78 bits per heavy atom. The largest absolute Gasteiger partial charge is 0.338 e. The van der Waals surface area contributed by atoms with E-state index >= 15 is 0 Å². The third kappa shape index (κ3) is 3.01. The van der Waals surface area contributed by atoms with Crippen molar-refractivity contribution in [1.82, 2.24) is 29.3 Å². The normalized spacial score (nSPS) is 18.7. The summed E-state index contributed by atoms with van der Waals surface area (Å²) in [5.74, 6) is 1.41. The van der Waals surface area contributed by atoms with Gasteiger partial charge in [0.25, 0.3) is 0 Å². The first kappa shape index (κ1) is 14.8. The summed E-state index contributed by atoms with van der Waals surface area (Å²) in [6, 6.07) is 0.177. The van der Waals surface area contributed by atoms with E-state index in [1.807, 2.05) is 6.92 Å².